The number of benzene rings is 1. The van der Waals surface area contributed by atoms with Gasteiger partial charge in [0.15, 0.2) is 5.17 Å². The molecule has 0 saturated carbocycles. The van der Waals surface area contributed by atoms with Gasteiger partial charge in [0, 0.05) is 16.3 Å². The van der Waals surface area contributed by atoms with Crippen LogP contribution in [0.15, 0.2) is 40.2 Å². The molecule has 166 valence electrons. The number of amides is 1. The van der Waals surface area contributed by atoms with Crippen LogP contribution in [-0.4, -0.2) is 15.6 Å². The molecule has 2 aliphatic rings. The summed E-state index contributed by atoms with van der Waals surface area (Å²) in [5.41, 5.74) is 5.53. The number of nitrogens with zero attached hydrogens (tertiary/aromatic N) is 3. The average molecular weight is 477 g/mol. The van der Waals surface area contributed by atoms with E-state index >= 15 is 0 Å². The molecule has 3 aromatic rings. The lowest BCUT2D eigenvalue weighted by Gasteiger charge is -2.10. The molecule has 0 atom stereocenters. The summed E-state index contributed by atoms with van der Waals surface area (Å²) in [6.07, 6.45) is 6.18. The molecule has 0 unspecified atom stereocenters. The second-order valence-corrected chi connectivity index (χ2v) is 10.2. The number of carbonyl (C=O) groups excluding carboxylic acids is 1. The summed E-state index contributed by atoms with van der Waals surface area (Å²) in [5, 5.41) is 14.1. The first kappa shape index (κ1) is 21.7. The molecule has 2 aromatic heterocycles. The summed E-state index contributed by atoms with van der Waals surface area (Å²) in [5.74, 6) is -0.542. The Bertz CT molecular complexity index is 1370. The van der Waals surface area contributed by atoms with Crippen LogP contribution in [0.25, 0.3) is 11.1 Å². The first-order valence-corrected chi connectivity index (χ1v) is 12.4. The Kier molecular flexibility index (Phi) is 5.69. The number of nitrogens with one attached hydrogen (secondary N) is 1. The third kappa shape index (κ3) is 4.03. The lowest BCUT2D eigenvalue weighted by atomic mass is 9.96. The molecule has 1 fully saturated rings. The van der Waals surface area contributed by atoms with Crippen molar-refractivity contribution in [2.45, 2.75) is 39.5 Å². The maximum Gasteiger partial charge on any atom is 0.264 e. The number of fused-ring (bicyclic) bond motifs is 1. The van der Waals surface area contributed by atoms with Crippen LogP contribution in [0.5, 0.6) is 0 Å². The van der Waals surface area contributed by atoms with Gasteiger partial charge in [-0.05, 0) is 98.8 Å². The van der Waals surface area contributed by atoms with Crippen molar-refractivity contribution in [1.82, 2.24) is 9.88 Å². The highest BCUT2D eigenvalue weighted by atomic mass is 32.2. The van der Waals surface area contributed by atoms with E-state index in [0.29, 0.717) is 15.8 Å². The SMILES string of the molecule is Cc1cc(/C=C2/SC(=Nc3ccc(F)cc3)NC2=O)c(C)n1-c1sc2c(c1C#N)CCCC2. The molecule has 1 N–H and O–H groups in total. The van der Waals surface area contributed by atoms with E-state index in [1.807, 2.05) is 26.0 Å². The Balaban J connectivity index is 1.48. The second kappa shape index (κ2) is 8.65. The summed E-state index contributed by atoms with van der Waals surface area (Å²) in [6.45, 7) is 4.04. The molecule has 5 nitrogen and oxygen atoms in total. The van der Waals surface area contributed by atoms with Crippen molar-refractivity contribution in [2.75, 3.05) is 0 Å². The van der Waals surface area contributed by atoms with Gasteiger partial charge in [0.25, 0.3) is 5.91 Å². The second-order valence-electron chi connectivity index (χ2n) is 8.12. The van der Waals surface area contributed by atoms with Gasteiger partial charge in [-0.25, -0.2) is 9.38 Å². The number of aryl methyl sites for hydroxylation is 2. The first-order chi connectivity index (χ1) is 15.9. The molecule has 0 radical (unpaired) electrons. The standard InChI is InChI=1S/C25H21FN4OS2/c1-14-11-16(12-22-23(31)29-25(33-22)28-18-9-7-17(26)8-10-18)15(2)30(14)24-20(13-27)19-5-3-4-6-21(19)32-24/h7-12H,3-6H2,1-2H3,(H,28,29,31)/b22-12+. The van der Waals surface area contributed by atoms with Crippen LogP contribution in [0.2, 0.25) is 0 Å². The largest absolute Gasteiger partial charge is 0.308 e. The van der Waals surface area contributed by atoms with E-state index in [1.54, 1.807) is 23.5 Å². The third-order valence-corrected chi connectivity index (χ3v) is 8.12. The number of amidine groups is 1. The van der Waals surface area contributed by atoms with Gasteiger partial charge in [0.05, 0.1) is 16.2 Å². The number of carbonyl (C=O) groups is 1. The topological polar surface area (TPSA) is 70.2 Å². The molecule has 1 saturated heterocycles. The molecular weight excluding hydrogens is 455 g/mol. The number of rotatable bonds is 3. The van der Waals surface area contributed by atoms with Gasteiger partial charge in [0.2, 0.25) is 0 Å². The van der Waals surface area contributed by atoms with Crippen LogP contribution >= 0.6 is 23.1 Å². The Morgan fingerprint density at radius 3 is 2.73 bits per heavy atom. The fraction of sp³-hybridized carbons (Fsp3) is 0.240. The summed E-state index contributed by atoms with van der Waals surface area (Å²) in [6, 6.07) is 10.3. The Morgan fingerprint density at radius 1 is 1.21 bits per heavy atom. The van der Waals surface area contributed by atoms with E-state index in [1.165, 1.54) is 40.8 Å². The molecule has 1 aliphatic carbocycles. The smallest absolute Gasteiger partial charge is 0.264 e. The van der Waals surface area contributed by atoms with Crippen molar-refractivity contribution in [2.24, 2.45) is 4.99 Å². The van der Waals surface area contributed by atoms with Crippen LogP contribution in [-0.2, 0) is 17.6 Å². The van der Waals surface area contributed by atoms with Gasteiger partial charge in [-0.3, -0.25) is 4.79 Å². The number of thiophene rings is 1. The number of nitriles is 1. The van der Waals surface area contributed by atoms with Crippen molar-refractivity contribution >= 4 is 45.9 Å². The fourth-order valence-electron chi connectivity index (χ4n) is 4.33. The number of aliphatic imine (C=N–C) groups is 1. The number of hydrogen-bond acceptors (Lipinski definition) is 5. The zero-order valence-corrected chi connectivity index (χ0v) is 19.9. The van der Waals surface area contributed by atoms with Gasteiger partial charge < -0.3 is 9.88 Å². The van der Waals surface area contributed by atoms with E-state index in [9.17, 15) is 14.4 Å². The lowest BCUT2D eigenvalue weighted by molar-refractivity contribution is -0.115. The minimum absolute atomic E-state index is 0.213. The maximum absolute atomic E-state index is 13.1. The van der Waals surface area contributed by atoms with Gasteiger partial charge in [-0.2, -0.15) is 5.26 Å². The average Bonchev–Trinajstić information content (AvgIpc) is 3.42. The van der Waals surface area contributed by atoms with Gasteiger partial charge in [-0.15, -0.1) is 11.3 Å². The highest BCUT2D eigenvalue weighted by Crippen LogP contribution is 2.39. The van der Waals surface area contributed by atoms with E-state index < -0.39 is 0 Å². The summed E-state index contributed by atoms with van der Waals surface area (Å²) < 4.78 is 15.3. The zero-order valence-electron chi connectivity index (χ0n) is 18.2. The Hall–Kier alpha value is -3.15. The Morgan fingerprint density at radius 2 is 1.97 bits per heavy atom. The quantitative estimate of drug-likeness (QED) is 0.476. The molecular formula is C25H21FN4OS2. The first-order valence-electron chi connectivity index (χ1n) is 10.7. The van der Waals surface area contributed by atoms with Crippen LogP contribution in [0.3, 0.4) is 0 Å². The van der Waals surface area contributed by atoms with Crippen molar-refractivity contribution in [3.63, 3.8) is 0 Å². The van der Waals surface area contributed by atoms with E-state index in [0.717, 1.165) is 46.8 Å². The predicted molar refractivity (Wildman–Crippen MR) is 132 cm³/mol. The molecule has 33 heavy (non-hydrogen) atoms. The molecule has 1 aliphatic heterocycles. The van der Waals surface area contributed by atoms with Crippen molar-refractivity contribution in [1.29, 1.82) is 5.26 Å². The van der Waals surface area contributed by atoms with Gasteiger partial charge in [0.1, 0.15) is 16.9 Å². The predicted octanol–water partition coefficient (Wildman–Crippen LogP) is 5.94. The van der Waals surface area contributed by atoms with Crippen molar-refractivity contribution in [3.05, 3.63) is 74.0 Å². The van der Waals surface area contributed by atoms with E-state index in [4.69, 9.17) is 0 Å². The van der Waals surface area contributed by atoms with E-state index in [2.05, 4.69) is 20.9 Å². The molecule has 3 heterocycles. The maximum atomic E-state index is 13.1. The highest BCUT2D eigenvalue weighted by Gasteiger charge is 2.26. The number of halogens is 1. The van der Waals surface area contributed by atoms with Crippen LogP contribution in [0.4, 0.5) is 10.1 Å². The number of hydrogen-bond donors (Lipinski definition) is 1. The van der Waals surface area contributed by atoms with Crippen LogP contribution in [0.1, 0.15) is 45.8 Å². The van der Waals surface area contributed by atoms with Crippen molar-refractivity contribution < 1.29 is 9.18 Å². The molecule has 5 rings (SSSR count). The van der Waals surface area contributed by atoms with E-state index in [-0.39, 0.29) is 11.7 Å². The summed E-state index contributed by atoms with van der Waals surface area (Å²) in [7, 11) is 0. The molecule has 1 aromatic carbocycles. The highest BCUT2D eigenvalue weighted by molar-refractivity contribution is 8.18. The number of thioether (sulfide) groups is 1. The number of aromatic nitrogens is 1. The lowest BCUT2D eigenvalue weighted by Crippen LogP contribution is -2.19. The molecule has 8 heteroatoms. The van der Waals surface area contributed by atoms with Crippen LogP contribution < -0.4 is 5.32 Å². The monoisotopic (exact) mass is 476 g/mol. The minimum atomic E-state index is -0.329. The zero-order chi connectivity index (χ0) is 23.1. The fourth-order valence-corrected chi connectivity index (χ4v) is 6.61. The van der Waals surface area contributed by atoms with Crippen molar-refractivity contribution in [3.8, 4) is 11.1 Å². The molecule has 1 amide bonds. The van der Waals surface area contributed by atoms with Gasteiger partial charge in [-0.1, -0.05) is 0 Å². The minimum Gasteiger partial charge on any atom is -0.308 e. The van der Waals surface area contributed by atoms with Gasteiger partial charge >= 0.3 is 0 Å². The molecule has 0 spiro atoms. The molecule has 0 bridgehead atoms. The normalized spacial score (nSPS) is 17.9. The Labute approximate surface area is 199 Å². The summed E-state index contributed by atoms with van der Waals surface area (Å²) in [4.78, 5) is 18.8. The summed E-state index contributed by atoms with van der Waals surface area (Å²) >= 11 is 2.98. The van der Waals surface area contributed by atoms with Crippen LogP contribution in [0, 0.1) is 31.0 Å². The third-order valence-electron chi connectivity index (χ3n) is 5.93.